The number of para-hydroxylation sites is 1. The van der Waals surface area contributed by atoms with E-state index in [-0.39, 0.29) is 25.4 Å². The van der Waals surface area contributed by atoms with Crippen LogP contribution in [0.5, 0.6) is 0 Å². The molecule has 0 amide bonds. The number of hydrogen-bond donors (Lipinski definition) is 3. The Balaban J connectivity index is 1.58. The van der Waals surface area contributed by atoms with Crippen molar-refractivity contribution in [2.75, 3.05) is 13.3 Å². The third-order valence-corrected chi connectivity index (χ3v) is 5.12. The lowest BCUT2D eigenvalue weighted by Gasteiger charge is -2.31. The molecular weight excluding hydrogens is 368 g/mol. The molecule has 28 heavy (non-hydrogen) atoms. The lowest BCUT2D eigenvalue weighted by Crippen LogP contribution is -2.55. The van der Waals surface area contributed by atoms with Gasteiger partial charge in [-0.15, -0.1) is 0 Å². The number of nitrogens with zero attached hydrogens (tertiary/aromatic N) is 5. The highest BCUT2D eigenvalue weighted by Gasteiger charge is 2.46. The van der Waals surface area contributed by atoms with Crippen LogP contribution in [0.4, 0.5) is 5.69 Å². The van der Waals surface area contributed by atoms with E-state index in [1.54, 1.807) is 23.1 Å². The molecule has 11 heteroatoms. The number of benzene rings is 1. The summed E-state index contributed by atoms with van der Waals surface area (Å²) in [5.41, 5.74) is 6.03. The van der Waals surface area contributed by atoms with Crippen LogP contribution in [0.3, 0.4) is 0 Å². The molecule has 0 aromatic heterocycles. The first-order chi connectivity index (χ1) is 13.4. The monoisotopic (exact) mass is 388 g/mol. The smallest absolute Gasteiger partial charge is 0.272 e. The lowest BCUT2D eigenvalue weighted by molar-refractivity contribution is -0.385. The molecule has 1 fully saturated rings. The fourth-order valence-corrected chi connectivity index (χ4v) is 3.69. The van der Waals surface area contributed by atoms with Crippen LogP contribution in [0.1, 0.15) is 12.0 Å². The van der Waals surface area contributed by atoms with E-state index in [9.17, 15) is 20.3 Å². The fourth-order valence-electron chi connectivity index (χ4n) is 3.69. The topological polar surface area (TPSA) is 159 Å². The Morgan fingerprint density at radius 1 is 1.43 bits per heavy atom. The zero-order valence-electron chi connectivity index (χ0n) is 14.9. The maximum atomic E-state index is 11.3. The van der Waals surface area contributed by atoms with Crippen LogP contribution in [0.2, 0.25) is 0 Å². The molecule has 0 saturated carbocycles. The number of aliphatic hydroxyl groups excluding tert-OH is 2. The number of ether oxygens (including phenoxy) is 1. The van der Waals surface area contributed by atoms with Gasteiger partial charge in [-0.05, 0) is 0 Å². The van der Waals surface area contributed by atoms with E-state index in [0.717, 1.165) is 0 Å². The van der Waals surface area contributed by atoms with E-state index in [1.165, 1.54) is 12.4 Å². The third-order valence-electron chi connectivity index (χ3n) is 5.12. The van der Waals surface area contributed by atoms with Crippen molar-refractivity contribution in [2.45, 2.75) is 36.9 Å². The van der Waals surface area contributed by atoms with Crippen LogP contribution in [0.15, 0.2) is 39.2 Å². The van der Waals surface area contributed by atoms with Crippen molar-refractivity contribution in [1.82, 2.24) is 4.90 Å². The molecule has 148 valence electrons. The Morgan fingerprint density at radius 3 is 2.93 bits per heavy atom. The van der Waals surface area contributed by atoms with E-state index in [0.29, 0.717) is 23.5 Å². The summed E-state index contributed by atoms with van der Waals surface area (Å²) in [6.07, 6.45) is -0.260. The number of amidine groups is 1. The van der Waals surface area contributed by atoms with Gasteiger partial charge in [-0.25, -0.2) is 9.98 Å². The van der Waals surface area contributed by atoms with Gasteiger partial charge >= 0.3 is 0 Å². The molecular formula is C17H20N6O5. The number of fused-ring (bicyclic) bond motifs is 1. The van der Waals surface area contributed by atoms with Gasteiger partial charge in [0.15, 0.2) is 11.5 Å². The van der Waals surface area contributed by atoms with Gasteiger partial charge in [0.2, 0.25) is 0 Å². The van der Waals surface area contributed by atoms with E-state index in [4.69, 9.17) is 10.5 Å². The summed E-state index contributed by atoms with van der Waals surface area (Å²) >= 11 is 0. The second-order valence-corrected chi connectivity index (χ2v) is 6.92. The number of rotatable bonds is 5. The Bertz CT molecular complexity index is 887. The highest BCUT2D eigenvalue weighted by atomic mass is 16.6. The molecule has 1 aromatic carbocycles. The van der Waals surface area contributed by atoms with Gasteiger partial charge in [-0.3, -0.25) is 15.1 Å². The van der Waals surface area contributed by atoms with Gasteiger partial charge in [0.05, 0.1) is 17.6 Å². The zero-order chi connectivity index (χ0) is 19.9. The summed E-state index contributed by atoms with van der Waals surface area (Å²) in [6.45, 7) is -0.0748. The summed E-state index contributed by atoms with van der Waals surface area (Å²) < 4.78 is 5.69. The summed E-state index contributed by atoms with van der Waals surface area (Å²) in [5, 5.41) is 30.6. The van der Waals surface area contributed by atoms with Gasteiger partial charge in [0, 0.05) is 24.5 Å². The van der Waals surface area contributed by atoms with E-state index < -0.39 is 29.0 Å². The average Bonchev–Trinajstić information content (AvgIpc) is 3.26. The van der Waals surface area contributed by atoms with Crippen molar-refractivity contribution in [3.05, 3.63) is 39.9 Å². The molecule has 4 atom stereocenters. The van der Waals surface area contributed by atoms with Crippen LogP contribution in [0.25, 0.3) is 0 Å². The minimum Gasteiger partial charge on any atom is -0.394 e. The van der Waals surface area contributed by atoms with Crippen LogP contribution in [-0.4, -0.2) is 75.3 Å². The Hall–Kier alpha value is -2.73. The van der Waals surface area contributed by atoms with Crippen molar-refractivity contribution in [3.8, 4) is 0 Å². The Morgan fingerprint density at radius 2 is 2.21 bits per heavy atom. The molecule has 4 N–H and O–H groups in total. The van der Waals surface area contributed by atoms with Crippen molar-refractivity contribution in [3.63, 3.8) is 0 Å². The van der Waals surface area contributed by atoms with Crippen molar-refractivity contribution >= 4 is 23.6 Å². The summed E-state index contributed by atoms with van der Waals surface area (Å²) in [6, 6.07) is 6.37. The first-order valence-electron chi connectivity index (χ1n) is 8.82. The minimum atomic E-state index is -1.30. The SMILES string of the molecule is NC1(Cc2ccccc2[N+](=O)[O-])N=CN=C2C1=NCN2[C@H]1C[C@H](O)[C@@H](CO)O1. The third kappa shape index (κ3) is 3.07. The minimum absolute atomic E-state index is 0.0323. The maximum Gasteiger partial charge on any atom is 0.272 e. The molecule has 0 aliphatic carbocycles. The van der Waals surface area contributed by atoms with Crippen molar-refractivity contribution in [1.29, 1.82) is 0 Å². The van der Waals surface area contributed by atoms with Gasteiger partial charge < -0.3 is 25.6 Å². The number of nitrogens with two attached hydrogens (primary N) is 1. The molecule has 3 aliphatic rings. The second-order valence-electron chi connectivity index (χ2n) is 6.92. The highest BCUT2D eigenvalue weighted by Crippen LogP contribution is 2.31. The molecule has 3 aliphatic heterocycles. The van der Waals surface area contributed by atoms with Crippen LogP contribution in [-0.2, 0) is 11.2 Å². The standard InChI is InChI=1S/C17H20N6O5/c18-17(6-10-3-1-2-4-11(10)23(26)27)15-16(19-8-21-17)22(9-20-15)14-5-12(25)13(7-24)28-14/h1-4,8,12-14,24-25H,5-7,9,18H2/t12-,13+,14+,17?/m0/s1. The second kappa shape index (κ2) is 7.02. The first-order valence-corrected chi connectivity index (χ1v) is 8.82. The Kier molecular flexibility index (Phi) is 4.67. The van der Waals surface area contributed by atoms with Gasteiger partial charge in [-0.1, -0.05) is 18.2 Å². The Labute approximate surface area is 160 Å². The largest absolute Gasteiger partial charge is 0.394 e. The maximum absolute atomic E-state index is 11.3. The van der Waals surface area contributed by atoms with Crippen LogP contribution >= 0.6 is 0 Å². The molecule has 1 unspecified atom stereocenters. The van der Waals surface area contributed by atoms with E-state index >= 15 is 0 Å². The van der Waals surface area contributed by atoms with Gasteiger partial charge in [0.1, 0.15) is 31.1 Å². The molecule has 0 bridgehead atoms. The lowest BCUT2D eigenvalue weighted by atomic mass is 9.93. The van der Waals surface area contributed by atoms with Crippen LogP contribution in [0, 0.1) is 10.1 Å². The summed E-state index contributed by atoms with van der Waals surface area (Å²) in [7, 11) is 0. The molecule has 11 nitrogen and oxygen atoms in total. The van der Waals surface area contributed by atoms with E-state index in [1.807, 2.05) is 0 Å². The number of aliphatic hydroxyl groups is 2. The first kappa shape index (κ1) is 18.6. The van der Waals surface area contributed by atoms with Crippen molar-refractivity contribution < 1.29 is 19.9 Å². The molecule has 0 radical (unpaired) electrons. The summed E-state index contributed by atoms with van der Waals surface area (Å²) in [4.78, 5) is 25.6. The number of hydrogen-bond acceptors (Lipinski definition) is 10. The number of nitro benzene ring substituents is 1. The predicted molar refractivity (Wildman–Crippen MR) is 100 cm³/mol. The van der Waals surface area contributed by atoms with Gasteiger partial charge in [-0.2, -0.15) is 0 Å². The molecule has 0 spiro atoms. The molecule has 1 aromatic rings. The van der Waals surface area contributed by atoms with Crippen molar-refractivity contribution in [2.24, 2.45) is 20.7 Å². The van der Waals surface area contributed by atoms with Crippen LogP contribution < -0.4 is 5.73 Å². The molecule has 4 rings (SSSR count). The predicted octanol–water partition coefficient (Wildman–Crippen LogP) is -0.585. The normalized spacial score (nSPS) is 31.5. The zero-order valence-corrected chi connectivity index (χ0v) is 14.9. The number of aliphatic imine (C=N–C) groups is 3. The highest BCUT2D eigenvalue weighted by molar-refractivity contribution is 6.47. The van der Waals surface area contributed by atoms with Gasteiger partial charge in [0.25, 0.3) is 5.69 Å². The average molecular weight is 388 g/mol. The molecule has 1 saturated heterocycles. The number of nitro groups is 1. The fraction of sp³-hybridized carbons (Fsp3) is 0.471. The quantitative estimate of drug-likeness (QED) is 0.449. The molecule has 3 heterocycles. The summed E-state index contributed by atoms with van der Waals surface area (Å²) in [5.74, 6) is 0.465. The van der Waals surface area contributed by atoms with E-state index in [2.05, 4.69) is 15.0 Å².